The van der Waals surface area contributed by atoms with Gasteiger partial charge in [-0.1, -0.05) is 6.92 Å². The van der Waals surface area contributed by atoms with Crippen molar-refractivity contribution in [2.75, 3.05) is 19.6 Å². The SMILES string of the molecule is CCC(C)n1ccc(CNC(CCl)COC)n1. The molecule has 17 heavy (non-hydrogen) atoms. The number of hydrogen-bond donors (Lipinski definition) is 1. The lowest BCUT2D eigenvalue weighted by molar-refractivity contribution is 0.172. The van der Waals surface area contributed by atoms with Gasteiger partial charge in [0.2, 0.25) is 0 Å². The third-order valence-corrected chi connectivity index (χ3v) is 3.20. The summed E-state index contributed by atoms with van der Waals surface area (Å²) >= 11 is 5.82. The zero-order chi connectivity index (χ0) is 12.7. The standard InChI is InChI=1S/C12H22ClN3O/c1-4-10(2)16-6-5-11(15-16)8-14-12(7-13)9-17-3/h5-6,10,12,14H,4,7-9H2,1-3H3. The van der Waals surface area contributed by atoms with Crippen molar-refractivity contribution in [2.45, 2.75) is 38.9 Å². The molecule has 0 spiro atoms. The van der Waals surface area contributed by atoms with Gasteiger partial charge < -0.3 is 10.1 Å². The molecule has 0 aliphatic rings. The second-order valence-electron chi connectivity index (χ2n) is 4.23. The van der Waals surface area contributed by atoms with Crippen molar-refractivity contribution >= 4 is 11.6 Å². The first-order valence-electron chi connectivity index (χ1n) is 6.03. The van der Waals surface area contributed by atoms with E-state index in [1.165, 1.54) is 0 Å². The Morgan fingerprint density at radius 3 is 2.94 bits per heavy atom. The van der Waals surface area contributed by atoms with Crippen molar-refractivity contribution < 1.29 is 4.74 Å². The molecule has 1 aromatic heterocycles. The molecule has 98 valence electrons. The summed E-state index contributed by atoms with van der Waals surface area (Å²) in [6.45, 7) is 5.67. The molecule has 0 bridgehead atoms. The van der Waals surface area contributed by atoms with Gasteiger partial charge in [0.1, 0.15) is 0 Å². The van der Waals surface area contributed by atoms with Gasteiger partial charge in [-0.25, -0.2) is 0 Å². The molecule has 5 heteroatoms. The number of ether oxygens (including phenoxy) is 1. The van der Waals surface area contributed by atoms with Crippen LogP contribution in [0.25, 0.3) is 0 Å². The normalized spacial score (nSPS) is 14.8. The molecule has 1 heterocycles. The van der Waals surface area contributed by atoms with Crippen LogP contribution in [0, 0.1) is 0 Å². The lowest BCUT2D eigenvalue weighted by atomic mass is 10.3. The highest BCUT2D eigenvalue weighted by atomic mass is 35.5. The molecule has 2 atom stereocenters. The Balaban J connectivity index is 2.43. The number of aromatic nitrogens is 2. The minimum atomic E-state index is 0.176. The van der Waals surface area contributed by atoms with E-state index in [4.69, 9.17) is 16.3 Å². The van der Waals surface area contributed by atoms with Gasteiger partial charge in [-0.3, -0.25) is 4.68 Å². The maximum atomic E-state index is 5.82. The molecule has 1 rings (SSSR count). The van der Waals surface area contributed by atoms with Crippen LogP contribution in [0.2, 0.25) is 0 Å². The number of nitrogens with zero attached hydrogens (tertiary/aromatic N) is 2. The van der Waals surface area contributed by atoms with E-state index in [0.29, 0.717) is 18.5 Å². The van der Waals surface area contributed by atoms with Crippen LogP contribution >= 0.6 is 11.6 Å². The molecule has 0 radical (unpaired) electrons. The van der Waals surface area contributed by atoms with Gasteiger partial charge in [0.05, 0.1) is 12.3 Å². The monoisotopic (exact) mass is 259 g/mol. The summed E-state index contributed by atoms with van der Waals surface area (Å²) in [5.41, 5.74) is 1.04. The highest BCUT2D eigenvalue weighted by Crippen LogP contribution is 2.09. The quantitative estimate of drug-likeness (QED) is 0.728. The number of methoxy groups -OCH3 is 1. The van der Waals surface area contributed by atoms with Crippen molar-refractivity contribution in [3.05, 3.63) is 18.0 Å². The fourth-order valence-corrected chi connectivity index (χ4v) is 1.71. The lowest BCUT2D eigenvalue weighted by Crippen LogP contribution is -2.34. The molecule has 0 saturated heterocycles. The molecule has 0 amide bonds. The summed E-state index contributed by atoms with van der Waals surface area (Å²) in [4.78, 5) is 0. The summed E-state index contributed by atoms with van der Waals surface area (Å²) in [6, 6.07) is 2.67. The Hall–Kier alpha value is -0.580. The summed E-state index contributed by atoms with van der Waals surface area (Å²) in [6.07, 6.45) is 3.11. The molecule has 1 N–H and O–H groups in total. The van der Waals surface area contributed by atoms with E-state index in [2.05, 4.69) is 24.3 Å². The van der Waals surface area contributed by atoms with Crippen LogP contribution in [-0.2, 0) is 11.3 Å². The van der Waals surface area contributed by atoms with Gasteiger partial charge in [-0.2, -0.15) is 5.10 Å². The lowest BCUT2D eigenvalue weighted by Gasteiger charge is -2.14. The summed E-state index contributed by atoms with van der Waals surface area (Å²) in [5.74, 6) is 0.542. The van der Waals surface area contributed by atoms with E-state index in [-0.39, 0.29) is 6.04 Å². The predicted octanol–water partition coefficient (Wildman–Crippen LogP) is 2.20. The van der Waals surface area contributed by atoms with E-state index in [1.807, 2.05) is 16.9 Å². The average molecular weight is 260 g/mol. The Morgan fingerprint density at radius 1 is 1.59 bits per heavy atom. The Morgan fingerprint density at radius 2 is 2.35 bits per heavy atom. The van der Waals surface area contributed by atoms with Crippen LogP contribution in [0.5, 0.6) is 0 Å². The first-order valence-corrected chi connectivity index (χ1v) is 6.57. The minimum Gasteiger partial charge on any atom is -0.383 e. The van der Waals surface area contributed by atoms with Gasteiger partial charge in [0.25, 0.3) is 0 Å². The second kappa shape index (κ2) is 7.69. The highest BCUT2D eigenvalue weighted by Gasteiger charge is 2.08. The topological polar surface area (TPSA) is 39.1 Å². The predicted molar refractivity (Wildman–Crippen MR) is 70.5 cm³/mol. The van der Waals surface area contributed by atoms with Crippen molar-refractivity contribution in [3.63, 3.8) is 0 Å². The Bertz CT molecular complexity index is 316. The zero-order valence-corrected chi connectivity index (χ0v) is 11.6. The fourth-order valence-electron chi connectivity index (χ4n) is 1.51. The van der Waals surface area contributed by atoms with Crippen molar-refractivity contribution in [1.82, 2.24) is 15.1 Å². The number of hydrogen-bond acceptors (Lipinski definition) is 3. The van der Waals surface area contributed by atoms with Crippen LogP contribution in [0.4, 0.5) is 0 Å². The van der Waals surface area contributed by atoms with E-state index < -0.39 is 0 Å². The maximum absolute atomic E-state index is 5.82. The van der Waals surface area contributed by atoms with Gasteiger partial charge in [0.15, 0.2) is 0 Å². The van der Waals surface area contributed by atoms with Gasteiger partial charge >= 0.3 is 0 Å². The highest BCUT2D eigenvalue weighted by molar-refractivity contribution is 6.18. The molecule has 2 unspecified atom stereocenters. The van der Waals surface area contributed by atoms with Crippen LogP contribution in [-0.4, -0.2) is 35.4 Å². The molecule has 0 saturated carbocycles. The van der Waals surface area contributed by atoms with E-state index in [1.54, 1.807) is 7.11 Å². The third-order valence-electron chi connectivity index (χ3n) is 2.83. The van der Waals surface area contributed by atoms with Gasteiger partial charge in [0, 0.05) is 37.8 Å². The summed E-state index contributed by atoms with van der Waals surface area (Å²) < 4.78 is 7.07. The molecular formula is C12H22ClN3O. The molecule has 1 aromatic rings. The maximum Gasteiger partial charge on any atom is 0.0762 e. The molecule has 0 aliphatic carbocycles. The Labute approximate surface area is 108 Å². The van der Waals surface area contributed by atoms with Crippen LogP contribution in [0.1, 0.15) is 32.0 Å². The number of halogens is 1. The minimum absolute atomic E-state index is 0.176. The summed E-state index contributed by atoms with van der Waals surface area (Å²) in [5, 5.41) is 7.84. The molecule has 0 aromatic carbocycles. The summed E-state index contributed by atoms with van der Waals surface area (Å²) in [7, 11) is 1.68. The van der Waals surface area contributed by atoms with E-state index >= 15 is 0 Å². The van der Waals surface area contributed by atoms with Crippen molar-refractivity contribution in [1.29, 1.82) is 0 Å². The molecular weight excluding hydrogens is 238 g/mol. The fraction of sp³-hybridized carbons (Fsp3) is 0.750. The van der Waals surface area contributed by atoms with Crippen molar-refractivity contribution in [3.8, 4) is 0 Å². The number of rotatable bonds is 8. The van der Waals surface area contributed by atoms with Crippen LogP contribution in [0.3, 0.4) is 0 Å². The van der Waals surface area contributed by atoms with Gasteiger partial charge in [-0.05, 0) is 19.4 Å². The Kier molecular flexibility index (Phi) is 6.55. The largest absolute Gasteiger partial charge is 0.383 e. The van der Waals surface area contributed by atoms with Crippen LogP contribution < -0.4 is 5.32 Å². The average Bonchev–Trinajstić information content (AvgIpc) is 2.82. The zero-order valence-electron chi connectivity index (χ0n) is 10.8. The molecule has 0 aliphatic heterocycles. The smallest absolute Gasteiger partial charge is 0.0762 e. The second-order valence-corrected chi connectivity index (χ2v) is 4.54. The molecule has 4 nitrogen and oxygen atoms in total. The first-order chi connectivity index (χ1) is 8.21. The van der Waals surface area contributed by atoms with E-state index in [9.17, 15) is 0 Å². The van der Waals surface area contributed by atoms with Gasteiger partial charge in [-0.15, -0.1) is 11.6 Å². The van der Waals surface area contributed by atoms with Crippen LogP contribution in [0.15, 0.2) is 12.3 Å². The van der Waals surface area contributed by atoms with E-state index in [0.717, 1.165) is 18.7 Å². The first kappa shape index (κ1) is 14.5. The molecule has 0 fully saturated rings. The number of alkyl halides is 1. The van der Waals surface area contributed by atoms with Crippen molar-refractivity contribution in [2.24, 2.45) is 0 Å². The number of nitrogens with one attached hydrogen (secondary N) is 1. The third kappa shape index (κ3) is 4.66.